The minimum absolute atomic E-state index is 0.00770. The standard InChI is InChI=1S/C62H51BN2O/c1-61(2,3)44-30-35-53-50(38-44)63-51-39-45(62(4,5)6)31-36-54(51)65(52-34-29-43(40-17-9-7-10-18-40)37-49(52)41-19-11-8-12-20-41)56-24-16-23-55(60(56)63)64(53)46-32-27-42(28-33-46)47-22-15-26-58-59(47)48-21-13-14-25-57(48)66-58/h7-39H,1-6H3. The second kappa shape index (κ2) is 15.0. The molecular formula is C62H51BN2O. The van der Waals surface area contributed by atoms with Crippen LogP contribution in [0.5, 0.6) is 0 Å². The minimum atomic E-state index is -0.0439. The molecule has 3 heterocycles. The fourth-order valence-electron chi connectivity index (χ4n) is 10.6. The van der Waals surface area contributed by atoms with E-state index in [1.54, 1.807) is 0 Å². The van der Waals surface area contributed by atoms with E-state index in [1.165, 1.54) is 78.1 Å². The summed E-state index contributed by atoms with van der Waals surface area (Å²) in [7, 11) is 0. The molecule has 0 N–H and O–H groups in total. The van der Waals surface area contributed by atoms with Crippen molar-refractivity contribution < 1.29 is 4.42 Å². The maximum absolute atomic E-state index is 6.32. The van der Waals surface area contributed by atoms with Crippen molar-refractivity contribution in [2.45, 2.75) is 52.4 Å². The number of hydrogen-bond donors (Lipinski definition) is 0. The van der Waals surface area contributed by atoms with Gasteiger partial charge in [0.05, 0.1) is 5.69 Å². The van der Waals surface area contributed by atoms with Crippen LogP contribution in [0.15, 0.2) is 205 Å². The van der Waals surface area contributed by atoms with E-state index in [0.717, 1.165) is 38.9 Å². The summed E-state index contributed by atoms with van der Waals surface area (Å²) in [5, 5.41) is 2.29. The average Bonchev–Trinajstić information content (AvgIpc) is 3.73. The van der Waals surface area contributed by atoms with E-state index in [4.69, 9.17) is 4.42 Å². The molecule has 0 bridgehead atoms. The second-order valence-corrected chi connectivity index (χ2v) is 20.1. The van der Waals surface area contributed by atoms with Gasteiger partial charge in [0.1, 0.15) is 11.2 Å². The lowest BCUT2D eigenvalue weighted by molar-refractivity contribution is 0.590. The van der Waals surface area contributed by atoms with Crippen LogP contribution in [0.2, 0.25) is 0 Å². The van der Waals surface area contributed by atoms with Crippen LogP contribution < -0.4 is 26.2 Å². The Morgan fingerprint density at radius 2 is 0.909 bits per heavy atom. The van der Waals surface area contributed by atoms with Gasteiger partial charge in [-0.05, 0) is 127 Å². The van der Waals surface area contributed by atoms with Crippen LogP contribution in [-0.4, -0.2) is 6.71 Å². The molecule has 0 saturated heterocycles. The molecule has 66 heavy (non-hydrogen) atoms. The molecule has 9 aromatic carbocycles. The maximum Gasteiger partial charge on any atom is 0.252 e. The lowest BCUT2D eigenvalue weighted by Gasteiger charge is -2.45. The third-order valence-electron chi connectivity index (χ3n) is 14.0. The predicted molar refractivity (Wildman–Crippen MR) is 281 cm³/mol. The zero-order valence-corrected chi connectivity index (χ0v) is 38.4. The lowest BCUT2D eigenvalue weighted by atomic mass is 9.33. The highest BCUT2D eigenvalue weighted by Crippen LogP contribution is 2.48. The maximum atomic E-state index is 6.32. The zero-order valence-electron chi connectivity index (χ0n) is 38.4. The van der Waals surface area contributed by atoms with Crippen LogP contribution >= 0.6 is 0 Å². The third kappa shape index (κ3) is 6.42. The van der Waals surface area contributed by atoms with Gasteiger partial charge in [-0.15, -0.1) is 0 Å². The Balaban J connectivity index is 1.10. The molecule has 0 aliphatic carbocycles. The van der Waals surface area contributed by atoms with Crippen LogP contribution in [-0.2, 0) is 10.8 Å². The van der Waals surface area contributed by atoms with Gasteiger partial charge in [0.2, 0.25) is 0 Å². The summed E-state index contributed by atoms with van der Waals surface area (Å²) < 4.78 is 6.32. The Morgan fingerprint density at radius 1 is 0.379 bits per heavy atom. The van der Waals surface area contributed by atoms with Gasteiger partial charge in [0, 0.05) is 44.8 Å². The molecule has 0 atom stereocenters. The fourth-order valence-corrected chi connectivity index (χ4v) is 10.6. The van der Waals surface area contributed by atoms with Gasteiger partial charge < -0.3 is 14.2 Å². The third-order valence-corrected chi connectivity index (χ3v) is 14.0. The Labute approximate surface area is 388 Å². The minimum Gasteiger partial charge on any atom is -0.456 e. The predicted octanol–water partition coefficient (Wildman–Crippen LogP) is 15.3. The summed E-state index contributed by atoms with van der Waals surface area (Å²) >= 11 is 0. The summed E-state index contributed by atoms with van der Waals surface area (Å²) in [6, 6.07) is 74.1. The summed E-state index contributed by atoms with van der Waals surface area (Å²) in [6.45, 7) is 14.0. The van der Waals surface area contributed by atoms with Crippen molar-refractivity contribution in [2.24, 2.45) is 0 Å². The van der Waals surface area contributed by atoms with E-state index in [9.17, 15) is 0 Å². The van der Waals surface area contributed by atoms with Crippen LogP contribution in [0, 0.1) is 0 Å². The van der Waals surface area contributed by atoms with Crippen molar-refractivity contribution in [1.29, 1.82) is 0 Å². The first-order chi connectivity index (χ1) is 32.0. The topological polar surface area (TPSA) is 19.6 Å². The molecule has 2 aliphatic rings. The highest BCUT2D eigenvalue weighted by Gasteiger charge is 2.44. The average molecular weight is 851 g/mol. The number of rotatable bonds is 5. The molecule has 0 fully saturated rings. The monoisotopic (exact) mass is 850 g/mol. The summed E-state index contributed by atoms with van der Waals surface area (Å²) in [5.41, 5.74) is 22.6. The molecule has 0 amide bonds. The summed E-state index contributed by atoms with van der Waals surface area (Å²) in [6.07, 6.45) is 0. The van der Waals surface area contributed by atoms with Crippen molar-refractivity contribution in [1.82, 2.24) is 0 Å². The van der Waals surface area contributed by atoms with Gasteiger partial charge in [-0.1, -0.05) is 181 Å². The Kier molecular flexibility index (Phi) is 9.09. The molecule has 10 aromatic rings. The van der Waals surface area contributed by atoms with E-state index in [1.807, 2.05) is 6.07 Å². The highest BCUT2D eigenvalue weighted by atomic mass is 16.3. The van der Waals surface area contributed by atoms with Gasteiger partial charge >= 0.3 is 0 Å². The van der Waals surface area contributed by atoms with Gasteiger partial charge in [-0.2, -0.15) is 0 Å². The molecule has 318 valence electrons. The smallest absolute Gasteiger partial charge is 0.252 e. The number of anilines is 6. The van der Waals surface area contributed by atoms with Crippen molar-refractivity contribution in [3.63, 3.8) is 0 Å². The summed E-state index contributed by atoms with van der Waals surface area (Å²) in [4.78, 5) is 5.08. The molecule has 3 nitrogen and oxygen atoms in total. The van der Waals surface area contributed by atoms with Crippen molar-refractivity contribution in [3.8, 4) is 33.4 Å². The van der Waals surface area contributed by atoms with Crippen molar-refractivity contribution in [3.05, 3.63) is 211 Å². The molecular weight excluding hydrogens is 800 g/mol. The second-order valence-electron chi connectivity index (χ2n) is 20.1. The van der Waals surface area contributed by atoms with E-state index in [2.05, 4.69) is 245 Å². The van der Waals surface area contributed by atoms with E-state index in [-0.39, 0.29) is 17.5 Å². The van der Waals surface area contributed by atoms with Gasteiger partial charge in [0.15, 0.2) is 0 Å². The Hall–Kier alpha value is -7.56. The first-order valence-electron chi connectivity index (χ1n) is 23.3. The van der Waals surface area contributed by atoms with Crippen molar-refractivity contribution >= 4 is 79.2 Å². The normalized spacial score (nSPS) is 13.2. The zero-order chi connectivity index (χ0) is 44.9. The molecule has 0 unspecified atom stereocenters. The number of nitrogens with zero attached hydrogens (tertiary/aromatic N) is 2. The number of furan rings is 1. The quantitative estimate of drug-likeness (QED) is 0.161. The van der Waals surface area contributed by atoms with Gasteiger partial charge in [0.25, 0.3) is 6.71 Å². The lowest BCUT2D eigenvalue weighted by Crippen LogP contribution is -2.61. The number of benzene rings is 9. The van der Waals surface area contributed by atoms with Crippen LogP contribution in [0.1, 0.15) is 52.7 Å². The number of para-hydroxylation sites is 1. The first kappa shape index (κ1) is 40.0. The molecule has 1 aromatic heterocycles. The highest BCUT2D eigenvalue weighted by molar-refractivity contribution is 7.00. The van der Waals surface area contributed by atoms with E-state index < -0.39 is 0 Å². The SMILES string of the molecule is CC(C)(C)c1ccc2c(c1)B1c3cc(C(C)(C)C)ccc3N(c3ccc(-c4ccccc4)cc3-c3ccccc3)c3cccc(c31)N2c1ccc(-c2cccc3oc4ccccc4c23)cc1. The van der Waals surface area contributed by atoms with Crippen LogP contribution in [0.25, 0.3) is 55.3 Å². The molecule has 2 aliphatic heterocycles. The Bertz CT molecular complexity index is 3500. The molecule has 12 rings (SSSR count). The van der Waals surface area contributed by atoms with Crippen LogP contribution in [0.3, 0.4) is 0 Å². The molecule has 0 spiro atoms. The Morgan fingerprint density at radius 3 is 1.58 bits per heavy atom. The largest absolute Gasteiger partial charge is 0.456 e. The van der Waals surface area contributed by atoms with Gasteiger partial charge in [-0.3, -0.25) is 0 Å². The van der Waals surface area contributed by atoms with E-state index in [0.29, 0.717) is 0 Å². The number of fused-ring (bicyclic) bond motifs is 7. The number of hydrogen-bond acceptors (Lipinski definition) is 3. The summed E-state index contributed by atoms with van der Waals surface area (Å²) in [5.74, 6) is 0. The fraction of sp³-hybridized carbons (Fsp3) is 0.129. The van der Waals surface area contributed by atoms with Crippen LogP contribution in [0.4, 0.5) is 34.1 Å². The van der Waals surface area contributed by atoms with Gasteiger partial charge in [-0.25, -0.2) is 0 Å². The molecule has 0 saturated carbocycles. The molecule has 4 heteroatoms. The first-order valence-corrected chi connectivity index (χ1v) is 23.3. The van der Waals surface area contributed by atoms with Crippen molar-refractivity contribution in [2.75, 3.05) is 9.80 Å². The molecule has 0 radical (unpaired) electrons. The van der Waals surface area contributed by atoms with E-state index >= 15 is 0 Å².